The van der Waals surface area contributed by atoms with E-state index in [0.717, 1.165) is 49.7 Å². The average molecular weight is 443 g/mol. The van der Waals surface area contributed by atoms with Crippen molar-refractivity contribution >= 4 is 11.7 Å². The van der Waals surface area contributed by atoms with Gasteiger partial charge in [-0.15, -0.1) is 0 Å². The molecule has 0 spiro atoms. The lowest BCUT2D eigenvalue weighted by molar-refractivity contribution is -0.154. The van der Waals surface area contributed by atoms with Crippen LogP contribution < -0.4 is 19.7 Å². The Labute approximate surface area is 190 Å². The summed E-state index contributed by atoms with van der Waals surface area (Å²) in [5.41, 5.74) is 2.23. The molecule has 0 aromatic heterocycles. The van der Waals surface area contributed by atoms with Crippen molar-refractivity contribution in [1.29, 1.82) is 0 Å². The van der Waals surface area contributed by atoms with E-state index in [4.69, 9.17) is 18.9 Å². The standard InChI is InChI=1S/C25H34N2O5/c1-3-30-25(28)24(29-2)19-20-5-9-22(10-6-20)31-17-4-18-32-23-11-7-21(8-12-23)27-15-13-26-14-16-27/h5-12,24,26H,3-4,13-19H2,1-2H3. The van der Waals surface area contributed by atoms with Gasteiger partial charge in [-0.25, -0.2) is 4.79 Å². The Bertz CT molecular complexity index is 804. The van der Waals surface area contributed by atoms with Gasteiger partial charge in [0.05, 0.1) is 19.8 Å². The number of nitrogens with zero attached hydrogens (tertiary/aromatic N) is 1. The topological polar surface area (TPSA) is 69.3 Å². The Morgan fingerprint density at radius 2 is 1.56 bits per heavy atom. The molecule has 7 nitrogen and oxygen atoms in total. The third kappa shape index (κ3) is 7.43. The molecule has 32 heavy (non-hydrogen) atoms. The van der Waals surface area contributed by atoms with Crippen LogP contribution in [0.4, 0.5) is 5.69 Å². The molecule has 0 bridgehead atoms. The van der Waals surface area contributed by atoms with Gasteiger partial charge in [-0.1, -0.05) is 12.1 Å². The first-order chi connectivity index (χ1) is 15.7. The number of hydrogen-bond acceptors (Lipinski definition) is 7. The zero-order chi connectivity index (χ0) is 22.6. The van der Waals surface area contributed by atoms with Gasteiger partial charge in [0.2, 0.25) is 0 Å². The summed E-state index contributed by atoms with van der Waals surface area (Å²) < 4.78 is 21.9. The quantitative estimate of drug-likeness (QED) is 0.400. The van der Waals surface area contributed by atoms with E-state index < -0.39 is 6.10 Å². The lowest BCUT2D eigenvalue weighted by Crippen LogP contribution is -2.43. The second kappa shape index (κ2) is 12.9. The average Bonchev–Trinajstić information content (AvgIpc) is 2.84. The SMILES string of the molecule is CCOC(=O)C(Cc1ccc(OCCCOc2ccc(N3CCNCC3)cc2)cc1)OC. The maximum absolute atomic E-state index is 11.9. The van der Waals surface area contributed by atoms with Crippen molar-refractivity contribution in [1.82, 2.24) is 5.32 Å². The van der Waals surface area contributed by atoms with Crippen molar-refractivity contribution in [3.8, 4) is 11.5 Å². The lowest BCUT2D eigenvalue weighted by atomic mass is 10.1. The van der Waals surface area contributed by atoms with E-state index in [1.165, 1.54) is 12.8 Å². The fourth-order valence-electron chi connectivity index (χ4n) is 3.55. The second-order valence-electron chi connectivity index (χ2n) is 7.61. The number of rotatable bonds is 12. The van der Waals surface area contributed by atoms with Crippen LogP contribution in [0.25, 0.3) is 0 Å². The summed E-state index contributed by atoms with van der Waals surface area (Å²) in [5, 5.41) is 3.37. The molecule has 1 atom stereocenters. The number of piperazine rings is 1. The first-order valence-electron chi connectivity index (χ1n) is 11.3. The van der Waals surface area contributed by atoms with Gasteiger partial charge in [-0.2, -0.15) is 0 Å². The molecule has 3 rings (SSSR count). The fourth-order valence-corrected chi connectivity index (χ4v) is 3.55. The smallest absolute Gasteiger partial charge is 0.335 e. The Hall–Kier alpha value is -2.77. The summed E-state index contributed by atoms with van der Waals surface area (Å²) in [6, 6.07) is 16.0. The molecule has 0 saturated carbocycles. The Kier molecular flexibility index (Phi) is 9.65. The zero-order valence-electron chi connectivity index (χ0n) is 19.0. The van der Waals surface area contributed by atoms with Crippen molar-refractivity contribution in [2.45, 2.75) is 25.9 Å². The molecule has 1 aliphatic rings. The van der Waals surface area contributed by atoms with Gasteiger partial charge in [-0.05, 0) is 48.9 Å². The number of nitrogens with one attached hydrogen (secondary N) is 1. The maximum Gasteiger partial charge on any atom is 0.335 e. The van der Waals surface area contributed by atoms with Gasteiger partial charge < -0.3 is 29.2 Å². The van der Waals surface area contributed by atoms with Gasteiger partial charge in [0.15, 0.2) is 6.10 Å². The third-order valence-electron chi connectivity index (χ3n) is 5.32. The summed E-state index contributed by atoms with van der Waals surface area (Å²) in [6.07, 6.45) is 0.664. The first kappa shape index (κ1) is 23.9. The van der Waals surface area contributed by atoms with Crippen LogP contribution in [-0.2, 0) is 20.7 Å². The molecule has 0 aliphatic carbocycles. The van der Waals surface area contributed by atoms with Crippen molar-refractivity contribution < 1.29 is 23.7 Å². The van der Waals surface area contributed by atoms with E-state index in [-0.39, 0.29) is 5.97 Å². The Morgan fingerprint density at radius 1 is 0.969 bits per heavy atom. The first-order valence-corrected chi connectivity index (χ1v) is 11.3. The van der Waals surface area contributed by atoms with Crippen LogP contribution in [-0.4, -0.2) is 65.2 Å². The van der Waals surface area contributed by atoms with Gasteiger partial charge in [0.25, 0.3) is 0 Å². The van der Waals surface area contributed by atoms with Crippen molar-refractivity contribution in [2.75, 3.05) is 58.0 Å². The molecule has 1 aliphatic heterocycles. The van der Waals surface area contributed by atoms with Crippen LogP contribution in [0.2, 0.25) is 0 Å². The van der Waals surface area contributed by atoms with E-state index in [0.29, 0.717) is 26.2 Å². The molecule has 1 saturated heterocycles. The third-order valence-corrected chi connectivity index (χ3v) is 5.32. The van der Waals surface area contributed by atoms with Gasteiger partial charge >= 0.3 is 5.97 Å². The predicted octanol–water partition coefficient (Wildman–Crippen LogP) is 3.06. The van der Waals surface area contributed by atoms with E-state index in [1.54, 1.807) is 6.92 Å². The Balaban J connectivity index is 1.34. The zero-order valence-corrected chi connectivity index (χ0v) is 19.0. The van der Waals surface area contributed by atoms with Crippen LogP contribution in [0, 0.1) is 0 Å². The van der Waals surface area contributed by atoms with Crippen molar-refractivity contribution in [3.05, 3.63) is 54.1 Å². The van der Waals surface area contributed by atoms with Crippen LogP contribution >= 0.6 is 0 Å². The monoisotopic (exact) mass is 442 g/mol. The van der Waals surface area contributed by atoms with Crippen LogP contribution in [0.1, 0.15) is 18.9 Å². The second-order valence-corrected chi connectivity index (χ2v) is 7.61. The highest BCUT2D eigenvalue weighted by atomic mass is 16.6. The van der Waals surface area contributed by atoms with Crippen molar-refractivity contribution in [3.63, 3.8) is 0 Å². The number of ether oxygens (including phenoxy) is 4. The summed E-state index contributed by atoms with van der Waals surface area (Å²) in [5.74, 6) is 1.33. The summed E-state index contributed by atoms with van der Waals surface area (Å²) in [6.45, 7) is 7.43. The van der Waals surface area contributed by atoms with Crippen molar-refractivity contribution in [2.24, 2.45) is 0 Å². The van der Waals surface area contributed by atoms with E-state index in [9.17, 15) is 4.79 Å². The molecule has 1 fully saturated rings. The van der Waals surface area contributed by atoms with E-state index >= 15 is 0 Å². The van der Waals surface area contributed by atoms with E-state index in [2.05, 4.69) is 22.3 Å². The number of esters is 1. The number of carbonyl (C=O) groups is 1. The lowest BCUT2D eigenvalue weighted by Gasteiger charge is -2.29. The molecule has 0 amide bonds. The normalized spacial score (nSPS) is 14.6. The summed E-state index contributed by atoms with van der Waals surface area (Å²) in [7, 11) is 1.52. The Morgan fingerprint density at radius 3 is 2.12 bits per heavy atom. The van der Waals surface area contributed by atoms with Gasteiger partial charge in [0, 0.05) is 51.8 Å². The minimum Gasteiger partial charge on any atom is -0.493 e. The number of anilines is 1. The largest absolute Gasteiger partial charge is 0.493 e. The highest BCUT2D eigenvalue weighted by molar-refractivity contribution is 5.75. The molecule has 1 unspecified atom stereocenters. The number of hydrogen-bond donors (Lipinski definition) is 1. The van der Waals surface area contributed by atoms with Crippen LogP contribution in [0.3, 0.4) is 0 Å². The molecular weight excluding hydrogens is 408 g/mol. The molecular formula is C25H34N2O5. The number of methoxy groups -OCH3 is 1. The summed E-state index contributed by atoms with van der Waals surface area (Å²) in [4.78, 5) is 14.2. The van der Waals surface area contributed by atoms with Gasteiger partial charge in [-0.3, -0.25) is 0 Å². The number of benzene rings is 2. The molecule has 7 heteroatoms. The van der Waals surface area contributed by atoms with Crippen LogP contribution in [0.5, 0.6) is 11.5 Å². The minimum absolute atomic E-state index is 0.339. The van der Waals surface area contributed by atoms with Crippen LogP contribution in [0.15, 0.2) is 48.5 Å². The maximum atomic E-state index is 11.9. The van der Waals surface area contributed by atoms with Gasteiger partial charge in [0.1, 0.15) is 11.5 Å². The van der Waals surface area contributed by atoms with E-state index in [1.807, 2.05) is 36.4 Å². The predicted molar refractivity (Wildman–Crippen MR) is 125 cm³/mol. The highest BCUT2D eigenvalue weighted by Crippen LogP contribution is 2.20. The summed E-state index contributed by atoms with van der Waals surface area (Å²) >= 11 is 0. The molecule has 1 N–H and O–H groups in total. The fraction of sp³-hybridized carbons (Fsp3) is 0.480. The molecule has 2 aromatic rings. The highest BCUT2D eigenvalue weighted by Gasteiger charge is 2.19. The molecule has 1 heterocycles. The molecule has 0 radical (unpaired) electrons. The minimum atomic E-state index is -0.593. The molecule has 174 valence electrons. The molecule has 2 aromatic carbocycles. The number of carbonyl (C=O) groups excluding carboxylic acids is 1.